The van der Waals surface area contributed by atoms with Crippen molar-refractivity contribution in [3.63, 3.8) is 0 Å². The number of methoxy groups -OCH3 is 1. The van der Waals surface area contributed by atoms with Crippen molar-refractivity contribution < 1.29 is 14.3 Å². The van der Waals surface area contributed by atoms with Crippen molar-refractivity contribution in [2.45, 2.75) is 31.2 Å². The molecule has 0 aliphatic heterocycles. The second kappa shape index (κ2) is 6.47. The number of carbonyl (C=O) groups excluding carboxylic acids is 2. The fourth-order valence-corrected chi connectivity index (χ4v) is 3.35. The molecule has 1 heterocycles. The number of pyridine rings is 1. The molecule has 0 unspecified atom stereocenters. The zero-order chi connectivity index (χ0) is 17.2. The van der Waals surface area contributed by atoms with Crippen LogP contribution < -0.4 is 15.4 Å². The summed E-state index contributed by atoms with van der Waals surface area (Å²) in [5.41, 5.74) is -0.590. The predicted molar refractivity (Wildman–Crippen MR) is 91.0 cm³/mol. The fraction of sp³-hybridized carbons (Fsp3) is 0.389. The SMILES string of the molecule is CNC(=O)C1(NC(=O)c2cc3ccccc3c(OC)n2)CCCC1. The number of carbonyl (C=O) groups is 2. The first-order chi connectivity index (χ1) is 11.6. The van der Waals surface area contributed by atoms with Gasteiger partial charge in [0.1, 0.15) is 11.2 Å². The molecule has 6 heteroatoms. The summed E-state index contributed by atoms with van der Waals surface area (Å²) in [7, 11) is 3.12. The van der Waals surface area contributed by atoms with E-state index in [0.717, 1.165) is 23.6 Å². The van der Waals surface area contributed by atoms with Crippen LogP contribution in [0.2, 0.25) is 0 Å². The zero-order valence-corrected chi connectivity index (χ0v) is 13.9. The number of nitrogens with one attached hydrogen (secondary N) is 2. The standard InChI is InChI=1S/C18H21N3O3/c1-19-17(23)18(9-5-6-10-18)21-15(22)14-11-12-7-3-4-8-13(12)16(20-14)24-2/h3-4,7-8,11H,5-6,9-10H2,1-2H3,(H,19,23)(H,21,22). The highest BCUT2D eigenvalue weighted by atomic mass is 16.5. The molecule has 2 N–H and O–H groups in total. The van der Waals surface area contributed by atoms with E-state index in [1.54, 1.807) is 13.1 Å². The average Bonchev–Trinajstić information content (AvgIpc) is 3.09. The van der Waals surface area contributed by atoms with Crippen LogP contribution in [0.3, 0.4) is 0 Å². The van der Waals surface area contributed by atoms with Crippen LogP contribution in [-0.4, -0.2) is 36.5 Å². The van der Waals surface area contributed by atoms with E-state index in [1.807, 2.05) is 24.3 Å². The molecule has 1 aromatic carbocycles. The Labute approximate surface area is 140 Å². The van der Waals surface area contributed by atoms with Crippen molar-refractivity contribution in [1.82, 2.24) is 15.6 Å². The van der Waals surface area contributed by atoms with Crippen molar-refractivity contribution in [3.8, 4) is 5.88 Å². The van der Waals surface area contributed by atoms with Crippen LogP contribution in [0.1, 0.15) is 36.2 Å². The van der Waals surface area contributed by atoms with Crippen molar-refractivity contribution >= 4 is 22.6 Å². The monoisotopic (exact) mass is 327 g/mol. The Bertz CT molecular complexity index is 782. The first-order valence-corrected chi connectivity index (χ1v) is 8.08. The third-order valence-corrected chi connectivity index (χ3v) is 4.60. The van der Waals surface area contributed by atoms with Gasteiger partial charge in [-0.1, -0.05) is 31.0 Å². The normalized spacial score (nSPS) is 15.9. The summed E-state index contributed by atoms with van der Waals surface area (Å²) < 4.78 is 5.31. The van der Waals surface area contributed by atoms with Crippen LogP contribution in [-0.2, 0) is 4.79 Å². The third-order valence-electron chi connectivity index (χ3n) is 4.60. The second-order valence-corrected chi connectivity index (χ2v) is 6.06. The number of benzene rings is 1. The van der Waals surface area contributed by atoms with Crippen molar-refractivity contribution in [3.05, 3.63) is 36.0 Å². The van der Waals surface area contributed by atoms with Crippen molar-refractivity contribution in [2.24, 2.45) is 0 Å². The summed E-state index contributed by atoms with van der Waals surface area (Å²) in [4.78, 5) is 29.3. The summed E-state index contributed by atoms with van der Waals surface area (Å²) >= 11 is 0. The summed E-state index contributed by atoms with van der Waals surface area (Å²) in [5, 5.41) is 7.28. The molecular formula is C18H21N3O3. The van der Waals surface area contributed by atoms with Gasteiger partial charge in [-0.05, 0) is 30.4 Å². The first-order valence-electron chi connectivity index (χ1n) is 8.08. The van der Waals surface area contributed by atoms with Gasteiger partial charge in [0.2, 0.25) is 11.8 Å². The Morgan fingerprint density at radius 3 is 2.58 bits per heavy atom. The number of nitrogens with zero attached hydrogens (tertiary/aromatic N) is 1. The van der Waals surface area contributed by atoms with E-state index in [4.69, 9.17) is 4.74 Å². The van der Waals surface area contributed by atoms with E-state index >= 15 is 0 Å². The lowest BCUT2D eigenvalue weighted by Gasteiger charge is -2.28. The summed E-state index contributed by atoms with van der Waals surface area (Å²) in [6, 6.07) is 9.31. The number of rotatable bonds is 4. The van der Waals surface area contributed by atoms with Gasteiger partial charge in [-0.15, -0.1) is 0 Å². The van der Waals surface area contributed by atoms with Crippen LogP contribution in [0.4, 0.5) is 0 Å². The topological polar surface area (TPSA) is 80.3 Å². The number of amides is 2. The van der Waals surface area contributed by atoms with E-state index in [1.165, 1.54) is 7.11 Å². The molecule has 1 aliphatic rings. The van der Waals surface area contributed by atoms with Crippen LogP contribution >= 0.6 is 0 Å². The molecule has 0 saturated heterocycles. The minimum Gasteiger partial charge on any atom is -0.481 e. The molecule has 0 bridgehead atoms. The van der Waals surface area contributed by atoms with Gasteiger partial charge < -0.3 is 15.4 Å². The smallest absolute Gasteiger partial charge is 0.270 e. The van der Waals surface area contributed by atoms with Gasteiger partial charge in [0.05, 0.1) is 7.11 Å². The lowest BCUT2D eigenvalue weighted by molar-refractivity contribution is -0.126. The van der Waals surface area contributed by atoms with Crippen LogP contribution in [0.25, 0.3) is 10.8 Å². The number of fused-ring (bicyclic) bond motifs is 1. The van der Waals surface area contributed by atoms with Gasteiger partial charge in [0, 0.05) is 12.4 Å². The van der Waals surface area contributed by atoms with Gasteiger partial charge in [-0.3, -0.25) is 9.59 Å². The molecule has 6 nitrogen and oxygen atoms in total. The number of hydrogen-bond acceptors (Lipinski definition) is 4. The van der Waals surface area contributed by atoms with Gasteiger partial charge in [-0.25, -0.2) is 4.98 Å². The third kappa shape index (κ3) is 2.79. The number of likely N-dealkylation sites (N-methyl/N-ethyl adjacent to an activating group) is 1. The van der Waals surface area contributed by atoms with Crippen LogP contribution in [0.15, 0.2) is 30.3 Å². The Hall–Kier alpha value is -2.63. The largest absolute Gasteiger partial charge is 0.481 e. The van der Waals surface area contributed by atoms with Gasteiger partial charge in [0.15, 0.2) is 0 Å². The maximum Gasteiger partial charge on any atom is 0.270 e. The van der Waals surface area contributed by atoms with Gasteiger partial charge in [0.25, 0.3) is 5.91 Å². The molecule has 0 spiro atoms. The van der Waals surface area contributed by atoms with Gasteiger partial charge >= 0.3 is 0 Å². The first kappa shape index (κ1) is 16.2. The Morgan fingerprint density at radius 1 is 1.21 bits per heavy atom. The number of aromatic nitrogens is 1. The van der Waals surface area contributed by atoms with E-state index in [9.17, 15) is 9.59 Å². The summed E-state index contributed by atoms with van der Waals surface area (Å²) in [5.74, 6) is -0.107. The molecule has 2 amide bonds. The maximum absolute atomic E-state index is 12.7. The molecule has 1 fully saturated rings. The molecule has 0 radical (unpaired) electrons. The minimum absolute atomic E-state index is 0.152. The molecule has 0 atom stereocenters. The van der Waals surface area contributed by atoms with E-state index in [2.05, 4.69) is 15.6 Å². The Morgan fingerprint density at radius 2 is 1.92 bits per heavy atom. The van der Waals surface area contributed by atoms with Crippen LogP contribution in [0, 0.1) is 0 Å². The fourth-order valence-electron chi connectivity index (χ4n) is 3.35. The lowest BCUT2D eigenvalue weighted by atomic mass is 9.96. The molecule has 24 heavy (non-hydrogen) atoms. The van der Waals surface area contributed by atoms with E-state index in [-0.39, 0.29) is 17.5 Å². The highest BCUT2D eigenvalue weighted by Gasteiger charge is 2.42. The zero-order valence-electron chi connectivity index (χ0n) is 13.9. The molecule has 3 rings (SSSR count). The average molecular weight is 327 g/mol. The maximum atomic E-state index is 12.7. The van der Waals surface area contributed by atoms with E-state index < -0.39 is 5.54 Å². The highest BCUT2D eigenvalue weighted by molar-refractivity contribution is 6.01. The second-order valence-electron chi connectivity index (χ2n) is 6.06. The van der Waals surface area contributed by atoms with Crippen molar-refractivity contribution in [2.75, 3.05) is 14.2 Å². The summed E-state index contributed by atoms with van der Waals surface area (Å²) in [6.45, 7) is 0. The molecule has 2 aromatic rings. The van der Waals surface area contributed by atoms with Crippen LogP contribution in [0.5, 0.6) is 5.88 Å². The molecular weight excluding hydrogens is 306 g/mol. The lowest BCUT2D eigenvalue weighted by Crippen LogP contribution is -2.56. The highest BCUT2D eigenvalue weighted by Crippen LogP contribution is 2.31. The van der Waals surface area contributed by atoms with E-state index in [0.29, 0.717) is 18.7 Å². The van der Waals surface area contributed by atoms with Gasteiger partial charge in [-0.2, -0.15) is 0 Å². The number of ether oxygens (including phenoxy) is 1. The quantitative estimate of drug-likeness (QED) is 0.900. The molecule has 1 aliphatic carbocycles. The minimum atomic E-state index is -0.841. The number of hydrogen-bond donors (Lipinski definition) is 2. The molecule has 1 aromatic heterocycles. The van der Waals surface area contributed by atoms with Crippen molar-refractivity contribution in [1.29, 1.82) is 0 Å². The summed E-state index contributed by atoms with van der Waals surface area (Å²) in [6.07, 6.45) is 3.12. The predicted octanol–water partition coefficient (Wildman–Crippen LogP) is 2.03. The Kier molecular flexibility index (Phi) is 4.38. The molecule has 1 saturated carbocycles. The molecule has 126 valence electrons. The Balaban J connectivity index is 1.95.